The molecular weight excluding hydrogens is 346 g/mol. The topological polar surface area (TPSA) is 57.9 Å². The normalized spacial score (nSPS) is 10.3. The molecule has 3 aromatic rings. The zero-order valence-electron chi connectivity index (χ0n) is 14.8. The van der Waals surface area contributed by atoms with Crippen molar-refractivity contribution < 1.29 is 4.74 Å². The zero-order chi connectivity index (χ0) is 18.7. The van der Waals surface area contributed by atoms with E-state index in [1.54, 1.807) is 24.3 Å². The Morgan fingerprint density at radius 2 is 1.65 bits per heavy atom. The predicted molar refractivity (Wildman–Crippen MR) is 104 cm³/mol. The first kappa shape index (κ1) is 17.8. The number of pyridine rings is 1. The van der Waals surface area contributed by atoms with Gasteiger partial charge in [0, 0.05) is 17.8 Å². The van der Waals surface area contributed by atoms with Crippen molar-refractivity contribution in [2.75, 3.05) is 5.32 Å². The molecule has 0 radical (unpaired) electrons. The first-order valence-corrected chi connectivity index (χ1v) is 8.53. The molecule has 0 fully saturated rings. The van der Waals surface area contributed by atoms with E-state index in [0.717, 1.165) is 22.6 Å². The number of nitriles is 1. The Bertz CT molecular complexity index is 968. The van der Waals surface area contributed by atoms with Crippen molar-refractivity contribution >= 4 is 23.1 Å². The van der Waals surface area contributed by atoms with Crippen LogP contribution >= 0.6 is 11.6 Å². The standard InChI is InChI=1S/C21H18ClN3O/c1-13-8-14(2)21(15(3)9-13)26-18-10-19(22)25-20(11-18)24-17-6-4-16(12-23)5-7-17/h4-11H,1-3H3,(H,24,25). The van der Waals surface area contributed by atoms with Gasteiger partial charge in [-0.25, -0.2) is 4.98 Å². The van der Waals surface area contributed by atoms with Gasteiger partial charge in [-0.1, -0.05) is 29.3 Å². The lowest BCUT2D eigenvalue weighted by Gasteiger charge is -2.14. The highest BCUT2D eigenvalue weighted by molar-refractivity contribution is 6.29. The monoisotopic (exact) mass is 363 g/mol. The fraction of sp³-hybridized carbons (Fsp3) is 0.143. The van der Waals surface area contributed by atoms with Crippen molar-refractivity contribution in [3.05, 3.63) is 75.9 Å². The van der Waals surface area contributed by atoms with E-state index >= 15 is 0 Å². The Kier molecular flexibility index (Phi) is 5.11. The van der Waals surface area contributed by atoms with Gasteiger partial charge in [0.15, 0.2) is 0 Å². The first-order chi connectivity index (χ1) is 12.4. The van der Waals surface area contributed by atoms with Gasteiger partial charge >= 0.3 is 0 Å². The van der Waals surface area contributed by atoms with Crippen LogP contribution in [0.25, 0.3) is 0 Å². The molecular formula is C21H18ClN3O. The van der Waals surface area contributed by atoms with Gasteiger partial charge in [-0.05, 0) is 56.2 Å². The molecule has 1 aromatic heterocycles. The van der Waals surface area contributed by atoms with E-state index in [2.05, 4.69) is 35.4 Å². The summed E-state index contributed by atoms with van der Waals surface area (Å²) in [6.07, 6.45) is 0. The Labute approximate surface area is 158 Å². The summed E-state index contributed by atoms with van der Waals surface area (Å²) in [6.45, 7) is 6.11. The molecule has 1 N–H and O–H groups in total. The van der Waals surface area contributed by atoms with Gasteiger partial charge in [0.25, 0.3) is 0 Å². The van der Waals surface area contributed by atoms with Crippen molar-refractivity contribution in [1.29, 1.82) is 5.26 Å². The molecule has 1 heterocycles. The third-order valence-electron chi connectivity index (χ3n) is 3.88. The molecule has 0 aliphatic heterocycles. The molecule has 130 valence electrons. The molecule has 3 rings (SSSR count). The third-order valence-corrected chi connectivity index (χ3v) is 4.07. The van der Waals surface area contributed by atoms with Crippen molar-refractivity contribution in [3.8, 4) is 17.6 Å². The second-order valence-corrected chi connectivity index (χ2v) is 6.54. The molecule has 0 atom stereocenters. The number of benzene rings is 2. The molecule has 4 nitrogen and oxygen atoms in total. The maximum atomic E-state index is 8.88. The largest absolute Gasteiger partial charge is 0.457 e. The molecule has 26 heavy (non-hydrogen) atoms. The van der Waals surface area contributed by atoms with Gasteiger partial charge in [0.05, 0.1) is 11.6 Å². The van der Waals surface area contributed by atoms with Crippen LogP contribution in [0.1, 0.15) is 22.3 Å². The van der Waals surface area contributed by atoms with Crippen LogP contribution in [0.3, 0.4) is 0 Å². The highest BCUT2D eigenvalue weighted by Gasteiger charge is 2.09. The summed E-state index contributed by atoms with van der Waals surface area (Å²) in [7, 11) is 0. The Hall–Kier alpha value is -3.03. The molecule has 0 aliphatic rings. The minimum atomic E-state index is 0.334. The molecule has 5 heteroatoms. The quantitative estimate of drug-likeness (QED) is 0.571. The molecule has 0 saturated carbocycles. The SMILES string of the molecule is Cc1cc(C)c(Oc2cc(Cl)nc(Nc3ccc(C#N)cc3)c2)c(C)c1. The van der Waals surface area contributed by atoms with Crippen LogP contribution in [0.5, 0.6) is 11.5 Å². The molecule has 0 bridgehead atoms. The highest BCUT2D eigenvalue weighted by Crippen LogP contribution is 2.32. The minimum Gasteiger partial charge on any atom is -0.457 e. The number of hydrogen-bond donors (Lipinski definition) is 1. The lowest BCUT2D eigenvalue weighted by atomic mass is 10.1. The summed E-state index contributed by atoms with van der Waals surface area (Å²) in [4.78, 5) is 4.28. The molecule has 0 spiro atoms. The average molecular weight is 364 g/mol. The number of rotatable bonds is 4. The smallest absolute Gasteiger partial charge is 0.135 e. The van der Waals surface area contributed by atoms with Crippen LogP contribution in [-0.4, -0.2) is 4.98 Å². The number of aromatic nitrogens is 1. The second kappa shape index (κ2) is 7.47. The van der Waals surface area contributed by atoms with Crippen LogP contribution in [0.2, 0.25) is 5.15 Å². The summed E-state index contributed by atoms with van der Waals surface area (Å²) < 4.78 is 6.08. The number of ether oxygens (including phenoxy) is 1. The minimum absolute atomic E-state index is 0.334. The van der Waals surface area contributed by atoms with Crippen LogP contribution < -0.4 is 10.1 Å². The van der Waals surface area contributed by atoms with Gasteiger partial charge in [-0.15, -0.1) is 0 Å². The van der Waals surface area contributed by atoms with E-state index in [-0.39, 0.29) is 0 Å². The second-order valence-electron chi connectivity index (χ2n) is 6.15. The summed E-state index contributed by atoms with van der Waals surface area (Å²) >= 11 is 6.16. The number of nitrogens with zero attached hydrogens (tertiary/aromatic N) is 2. The third kappa shape index (κ3) is 4.14. The van der Waals surface area contributed by atoms with E-state index in [1.807, 2.05) is 26.0 Å². The molecule has 0 unspecified atom stereocenters. The van der Waals surface area contributed by atoms with Crippen molar-refractivity contribution in [2.24, 2.45) is 0 Å². The summed E-state index contributed by atoms with van der Waals surface area (Å²) in [5.41, 5.74) is 4.74. The Balaban J connectivity index is 1.87. The molecule has 2 aromatic carbocycles. The average Bonchev–Trinajstić information content (AvgIpc) is 2.58. The van der Waals surface area contributed by atoms with Gasteiger partial charge in [-0.3, -0.25) is 0 Å². The lowest BCUT2D eigenvalue weighted by molar-refractivity contribution is 0.474. The lowest BCUT2D eigenvalue weighted by Crippen LogP contribution is -1.97. The fourth-order valence-electron chi connectivity index (χ4n) is 2.82. The first-order valence-electron chi connectivity index (χ1n) is 8.15. The van der Waals surface area contributed by atoms with E-state index in [4.69, 9.17) is 21.6 Å². The number of halogens is 1. The summed E-state index contributed by atoms with van der Waals surface area (Å²) in [5, 5.41) is 12.4. The molecule has 0 saturated heterocycles. The number of nitrogens with one attached hydrogen (secondary N) is 1. The predicted octanol–water partition coefficient (Wildman–Crippen LogP) is 6.07. The van der Waals surface area contributed by atoms with E-state index in [9.17, 15) is 0 Å². The number of hydrogen-bond acceptors (Lipinski definition) is 4. The van der Waals surface area contributed by atoms with Crippen LogP contribution in [0.15, 0.2) is 48.5 Å². The highest BCUT2D eigenvalue weighted by atomic mass is 35.5. The Morgan fingerprint density at radius 3 is 2.27 bits per heavy atom. The maximum Gasteiger partial charge on any atom is 0.135 e. The van der Waals surface area contributed by atoms with E-state index in [1.165, 1.54) is 5.56 Å². The Morgan fingerprint density at radius 1 is 1.00 bits per heavy atom. The van der Waals surface area contributed by atoms with Gasteiger partial charge in [0.1, 0.15) is 22.5 Å². The van der Waals surface area contributed by atoms with Crippen LogP contribution in [0.4, 0.5) is 11.5 Å². The van der Waals surface area contributed by atoms with Gasteiger partial charge < -0.3 is 10.1 Å². The number of aryl methyl sites for hydroxylation is 3. The zero-order valence-corrected chi connectivity index (χ0v) is 15.6. The molecule has 0 amide bonds. The van der Waals surface area contributed by atoms with Crippen molar-refractivity contribution in [3.63, 3.8) is 0 Å². The molecule has 0 aliphatic carbocycles. The summed E-state index contributed by atoms with van der Waals surface area (Å²) in [5.74, 6) is 2.00. The van der Waals surface area contributed by atoms with E-state index in [0.29, 0.717) is 22.3 Å². The van der Waals surface area contributed by atoms with Gasteiger partial charge in [0.2, 0.25) is 0 Å². The fourth-order valence-corrected chi connectivity index (χ4v) is 3.02. The summed E-state index contributed by atoms with van der Waals surface area (Å²) in [6, 6.07) is 16.9. The van der Waals surface area contributed by atoms with Crippen LogP contribution in [-0.2, 0) is 0 Å². The van der Waals surface area contributed by atoms with Gasteiger partial charge in [-0.2, -0.15) is 5.26 Å². The van der Waals surface area contributed by atoms with Crippen molar-refractivity contribution in [2.45, 2.75) is 20.8 Å². The van der Waals surface area contributed by atoms with E-state index < -0.39 is 0 Å². The maximum absolute atomic E-state index is 8.88. The number of anilines is 2. The van der Waals surface area contributed by atoms with Crippen LogP contribution in [0, 0.1) is 32.1 Å². The van der Waals surface area contributed by atoms with Crippen molar-refractivity contribution in [1.82, 2.24) is 4.98 Å².